The number of nitrogens with one attached hydrogen (secondary N) is 2. The smallest absolute Gasteiger partial charge is 0.191 e. The van der Waals surface area contributed by atoms with Crippen LogP contribution in [0.25, 0.3) is 0 Å². The lowest BCUT2D eigenvalue weighted by atomic mass is 10.0. The molecule has 2 fully saturated rings. The number of benzene rings is 1. The largest absolute Gasteiger partial charge is 0.354 e. The Morgan fingerprint density at radius 3 is 2.37 bits per heavy atom. The van der Waals surface area contributed by atoms with Gasteiger partial charge in [-0.05, 0) is 37.3 Å². The maximum absolute atomic E-state index is 13.9. The summed E-state index contributed by atoms with van der Waals surface area (Å²) in [6.07, 6.45) is 2.90. The van der Waals surface area contributed by atoms with Crippen LogP contribution in [0.1, 0.15) is 44.6 Å². The van der Waals surface area contributed by atoms with Gasteiger partial charge in [0.15, 0.2) is 5.96 Å². The summed E-state index contributed by atoms with van der Waals surface area (Å²) >= 11 is 0. The van der Waals surface area contributed by atoms with Crippen molar-refractivity contribution in [2.24, 2.45) is 10.9 Å². The van der Waals surface area contributed by atoms with Crippen LogP contribution >= 0.6 is 24.0 Å². The van der Waals surface area contributed by atoms with Crippen molar-refractivity contribution in [2.75, 3.05) is 26.7 Å². The van der Waals surface area contributed by atoms with E-state index in [1.165, 1.54) is 18.2 Å². The lowest BCUT2D eigenvalue weighted by Crippen LogP contribution is -2.49. The molecule has 152 valence electrons. The predicted octanol–water partition coefficient (Wildman–Crippen LogP) is 3.72. The quantitative estimate of drug-likeness (QED) is 0.374. The van der Waals surface area contributed by atoms with E-state index in [1.807, 2.05) is 0 Å². The van der Waals surface area contributed by atoms with E-state index in [1.54, 1.807) is 7.05 Å². The van der Waals surface area contributed by atoms with Crippen LogP contribution in [0.4, 0.5) is 8.78 Å². The molecule has 0 radical (unpaired) electrons. The van der Waals surface area contributed by atoms with Gasteiger partial charge in [0.25, 0.3) is 0 Å². The van der Waals surface area contributed by atoms with Crippen LogP contribution in [0.3, 0.4) is 0 Å². The average molecular weight is 492 g/mol. The van der Waals surface area contributed by atoms with Crippen molar-refractivity contribution in [1.82, 2.24) is 15.5 Å². The van der Waals surface area contributed by atoms with E-state index in [4.69, 9.17) is 0 Å². The molecule has 0 amide bonds. The third-order valence-corrected chi connectivity index (χ3v) is 5.26. The number of likely N-dealkylation sites (tertiary alicyclic amines) is 1. The maximum Gasteiger partial charge on any atom is 0.191 e. The van der Waals surface area contributed by atoms with Crippen molar-refractivity contribution in [3.05, 3.63) is 35.4 Å². The zero-order valence-corrected chi connectivity index (χ0v) is 18.7. The molecule has 1 saturated carbocycles. The minimum Gasteiger partial charge on any atom is -0.354 e. The van der Waals surface area contributed by atoms with Crippen molar-refractivity contribution in [1.29, 1.82) is 0 Å². The number of hydrogen-bond donors (Lipinski definition) is 2. The summed E-state index contributed by atoms with van der Waals surface area (Å²) in [6, 6.07) is 4.49. The lowest BCUT2D eigenvalue weighted by Gasteiger charge is -2.34. The molecule has 0 aromatic heterocycles. The molecular formula is C20H31F2IN4. The van der Waals surface area contributed by atoms with E-state index in [2.05, 4.69) is 34.4 Å². The second-order valence-electron chi connectivity index (χ2n) is 7.91. The molecule has 27 heavy (non-hydrogen) atoms. The molecule has 7 heteroatoms. The summed E-state index contributed by atoms with van der Waals surface area (Å²) in [6.45, 7) is 7.84. The van der Waals surface area contributed by atoms with Crippen LogP contribution in [0.15, 0.2) is 23.2 Å². The van der Waals surface area contributed by atoms with E-state index in [-0.39, 0.29) is 41.5 Å². The highest BCUT2D eigenvalue weighted by molar-refractivity contribution is 14.0. The number of piperidine rings is 1. The van der Waals surface area contributed by atoms with E-state index in [0.29, 0.717) is 12.0 Å². The van der Waals surface area contributed by atoms with E-state index < -0.39 is 11.6 Å². The Labute approximate surface area is 178 Å². The monoisotopic (exact) mass is 492 g/mol. The van der Waals surface area contributed by atoms with Crippen LogP contribution in [-0.4, -0.2) is 49.6 Å². The van der Waals surface area contributed by atoms with Gasteiger partial charge < -0.3 is 15.5 Å². The van der Waals surface area contributed by atoms with Crippen LogP contribution in [0, 0.1) is 17.6 Å². The van der Waals surface area contributed by atoms with Gasteiger partial charge in [0.1, 0.15) is 11.6 Å². The number of halogens is 3. The first kappa shape index (κ1) is 22.3. The van der Waals surface area contributed by atoms with Gasteiger partial charge in [0.2, 0.25) is 0 Å². The van der Waals surface area contributed by atoms with Crippen molar-refractivity contribution in [3.63, 3.8) is 0 Å². The Morgan fingerprint density at radius 1 is 1.19 bits per heavy atom. The zero-order valence-electron chi connectivity index (χ0n) is 16.3. The summed E-state index contributed by atoms with van der Waals surface area (Å²) in [7, 11) is 1.74. The van der Waals surface area contributed by atoms with Gasteiger partial charge in [-0.25, -0.2) is 8.78 Å². The highest BCUT2D eigenvalue weighted by atomic mass is 127. The van der Waals surface area contributed by atoms with Crippen molar-refractivity contribution < 1.29 is 8.78 Å². The second kappa shape index (κ2) is 10.0. The second-order valence-corrected chi connectivity index (χ2v) is 7.91. The van der Waals surface area contributed by atoms with Crippen LogP contribution < -0.4 is 10.6 Å². The maximum atomic E-state index is 13.9. The zero-order chi connectivity index (χ0) is 18.7. The van der Waals surface area contributed by atoms with E-state index >= 15 is 0 Å². The number of nitrogens with zero attached hydrogens (tertiary/aromatic N) is 2. The molecule has 2 N–H and O–H groups in total. The molecule has 0 bridgehead atoms. The molecule has 2 atom stereocenters. The number of aliphatic imine (C=N–C) groups is 1. The van der Waals surface area contributed by atoms with Crippen LogP contribution in [-0.2, 0) is 0 Å². The molecule has 3 rings (SSSR count). The highest BCUT2D eigenvalue weighted by Crippen LogP contribution is 2.43. The minimum atomic E-state index is -0.459. The fourth-order valence-corrected chi connectivity index (χ4v) is 3.85. The topological polar surface area (TPSA) is 39.7 Å². The van der Waals surface area contributed by atoms with Crippen molar-refractivity contribution in [3.8, 4) is 0 Å². The Hall–Kier alpha value is -0.960. The SMILES string of the molecule is CN=C(NC1CCN(CC(C)C)CC1)NC1CC1c1c(F)cccc1F.I. The Balaban J connectivity index is 0.00000261. The molecule has 4 nitrogen and oxygen atoms in total. The molecule has 2 unspecified atom stereocenters. The standard InChI is InChI=1S/C20H30F2N4.HI/c1-13(2)12-26-9-7-14(8-10-26)24-20(23-3)25-18-11-15(18)19-16(21)5-4-6-17(19)22;/h4-6,13-15,18H,7-12H2,1-3H3,(H2,23,24,25);1H. The van der Waals surface area contributed by atoms with Crippen LogP contribution in [0.5, 0.6) is 0 Å². The van der Waals surface area contributed by atoms with Gasteiger partial charge in [0, 0.05) is 50.2 Å². The normalized spacial score (nSPS) is 23.9. The summed E-state index contributed by atoms with van der Waals surface area (Å²) in [4.78, 5) is 6.81. The Kier molecular flexibility index (Phi) is 8.27. The minimum absolute atomic E-state index is 0. The Morgan fingerprint density at radius 2 is 1.81 bits per heavy atom. The number of rotatable bonds is 5. The summed E-state index contributed by atoms with van der Waals surface area (Å²) in [5.74, 6) is 0.387. The third kappa shape index (κ3) is 6.01. The molecule has 1 saturated heterocycles. The van der Waals surface area contributed by atoms with E-state index in [9.17, 15) is 8.78 Å². The van der Waals surface area contributed by atoms with Gasteiger partial charge in [0.05, 0.1) is 0 Å². The number of guanidine groups is 1. The molecule has 1 aliphatic heterocycles. The van der Waals surface area contributed by atoms with Gasteiger partial charge in [-0.1, -0.05) is 19.9 Å². The summed E-state index contributed by atoms with van der Waals surface area (Å²) in [5, 5.41) is 6.80. The van der Waals surface area contributed by atoms with Crippen molar-refractivity contribution >= 4 is 29.9 Å². The molecule has 1 heterocycles. The molecule has 0 spiro atoms. The predicted molar refractivity (Wildman–Crippen MR) is 117 cm³/mol. The first-order chi connectivity index (χ1) is 12.5. The summed E-state index contributed by atoms with van der Waals surface area (Å²) in [5.41, 5.74) is 0.197. The first-order valence-corrected chi connectivity index (χ1v) is 9.64. The van der Waals surface area contributed by atoms with E-state index in [0.717, 1.165) is 44.9 Å². The third-order valence-electron chi connectivity index (χ3n) is 5.26. The molecule has 1 aromatic carbocycles. The lowest BCUT2D eigenvalue weighted by molar-refractivity contribution is 0.187. The first-order valence-electron chi connectivity index (χ1n) is 9.64. The number of hydrogen-bond acceptors (Lipinski definition) is 2. The van der Waals surface area contributed by atoms with Gasteiger partial charge in [-0.3, -0.25) is 4.99 Å². The fraction of sp³-hybridized carbons (Fsp3) is 0.650. The summed E-state index contributed by atoms with van der Waals surface area (Å²) < 4.78 is 27.8. The molecular weight excluding hydrogens is 461 g/mol. The average Bonchev–Trinajstić information content (AvgIpc) is 3.34. The highest BCUT2D eigenvalue weighted by Gasteiger charge is 2.42. The van der Waals surface area contributed by atoms with Gasteiger partial charge in [-0.15, -0.1) is 24.0 Å². The Bertz CT molecular complexity index is 625. The van der Waals surface area contributed by atoms with Gasteiger partial charge >= 0.3 is 0 Å². The van der Waals surface area contributed by atoms with Crippen LogP contribution in [0.2, 0.25) is 0 Å². The molecule has 2 aliphatic rings. The van der Waals surface area contributed by atoms with Gasteiger partial charge in [-0.2, -0.15) is 0 Å². The molecule has 1 aliphatic carbocycles. The van der Waals surface area contributed by atoms with Crippen molar-refractivity contribution in [2.45, 2.75) is 51.1 Å². The molecule has 1 aromatic rings. The fourth-order valence-electron chi connectivity index (χ4n) is 3.85.